The van der Waals surface area contributed by atoms with Crippen LogP contribution in [-0.4, -0.2) is 25.4 Å². The molecule has 1 fully saturated rings. The molecule has 112 valence electrons. The zero-order chi connectivity index (χ0) is 14.4. The summed E-state index contributed by atoms with van der Waals surface area (Å²) in [6, 6.07) is 9.40. The van der Waals surface area contributed by atoms with E-state index in [4.69, 9.17) is 9.47 Å². The Morgan fingerprint density at radius 2 is 2.00 bits per heavy atom. The van der Waals surface area contributed by atoms with E-state index in [-0.39, 0.29) is 5.60 Å². The predicted octanol–water partition coefficient (Wildman–Crippen LogP) is 3.27. The second kappa shape index (κ2) is 7.21. The lowest BCUT2D eigenvalue weighted by molar-refractivity contribution is -0.0124. The monoisotopic (exact) mass is 277 g/mol. The van der Waals surface area contributed by atoms with Gasteiger partial charge >= 0.3 is 0 Å². The van der Waals surface area contributed by atoms with E-state index in [0.717, 1.165) is 25.6 Å². The molecule has 0 heterocycles. The largest absolute Gasteiger partial charge is 0.379 e. The van der Waals surface area contributed by atoms with Gasteiger partial charge in [0.05, 0.1) is 12.2 Å². The first-order chi connectivity index (χ1) is 9.59. The number of ether oxygens (including phenoxy) is 2. The number of rotatable bonds is 9. The molecule has 1 aliphatic rings. The summed E-state index contributed by atoms with van der Waals surface area (Å²) < 4.78 is 11.1. The minimum absolute atomic E-state index is 0.101. The normalized spacial score (nSPS) is 15.6. The summed E-state index contributed by atoms with van der Waals surface area (Å²) >= 11 is 0. The average Bonchev–Trinajstić information content (AvgIpc) is 3.26. The molecule has 3 heteroatoms. The van der Waals surface area contributed by atoms with Crippen LogP contribution in [0.25, 0.3) is 0 Å². The summed E-state index contributed by atoms with van der Waals surface area (Å²) in [6.07, 6.45) is 3.57. The number of hydrogen-bond donors (Lipinski definition) is 1. The quantitative estimate of drug-likeness (QED) is 0.703. The van der Waals surface area contributed by atoms with E-state index in [1.165, 1.54) is 24.0 Å². The maximum absolute atomic E-state index is 5.75. The van der Waals surface area contributed by atoms with Gasteiger partial charge in [-0.15, -0.1) is 0 Å². The second-order valence-corrected chi connectivity index (χ2v) is 6.24. The van der Waals surface area contributed by atoms with Crippen LogP contribution in [0.3, 0.4) is 0 Å². The molecule has 0 unspecified atom stereocenters. The number of nitrogens with one attached hydrogen (secondary N) is 1. The Labute approximate surface area is 122 Å². The molecule has 0 amide bonds. The van der Waals surface area contributed by atoms with Crippen molar-refractivity contribution in [3.8, 4) is 0 Å². The molecule has 0 radical (unpaired) electrons. The van der Waals surface area contributed by atoms with E-state index in [2.05, 4.69) is 43.4 Å². The summed E-state index contributed by atoms with van der Waals surface area (Å²) in [5.41, 5.74) is 2.49. The van der Waals surface area contributed by atoms with Crippen LogP contribution in [-0.2, 0) is 22.6 Å². The first-order valence-corrected chi connectivity index (χ1v) is 7.53. The van der Waals surface area contributed by atoms with Crippen molar-refractivity contribution in [2.45, 2.75) is 57.9 Å². The third-order valence-electron chi connectivity index (χ3n) is 3.83. The third-order valence-corrected chi connectivity index (χ3v) is 3.83. The first-order valence-electron chi connectivity index (χ1n) is 7.53. The Morgan fingerprint density at radius 3 is 2.70 bits per heavy atom. The molecule has 1 aliphatic carbocycles. The zero-order valence-electron chi connectivity index (χ0n) is 12.9. The molecule has 0 aromatic heterocycles. The Balaban J connectivity index is 1.70. The van der Waals surface area contributed by atoms with Crippen molar-refractivity contribution in [2.24, 2.45) is 0 Å². The van der Waals surface area contributed by atoms with Gasteiger partial charge in [0, 0.05) is 26.3 Å². The van der Waals surface area contributed by atoms with E-state index in [1.807, 2.05) is 0 Å². The van der Waals surface area contributed by atoms with E-state index < -0.39 is 0 Å². The van der Waals surface area contributed by atoms with Crippen molar-refractivity contribution in [3.63, 3.8) is 0 Å². The van der Waals surface area contributed by atoms with Crippen LogP contribution in [0.1, 0.15) is 44.2 Å². The van der Waals surface area contributed by atoms with Crippen LogP contribution in [0.2, 0.25) is 0 Å². The van der Waals surface area contributed by atoms with E-state index in [1.54, 1.807) is 7.11 Å². The van der Waals surface area contributed by atoms with Crippen LogP contribution in [0.5, 0.6) is 0 Å². The molecule has 1 saturated carbocycles. The molecule has 2 rings (SSSR count). The van der Waals surface area contributed by atoms with Crippen molar-refractivity contribution < 1.29 is 9.47 Å². The standard InChI is InChI=1S/C17H27NO2/c1-17(2,19-3)9-10-20-13-15-6-4-5-14(11-15)12-18-16-7-8-16/h4-6,11,16,18H,7-10,12-13H2,1-3H3. The summed E-state index contributed by atoms with van der Waals surface area (Å²) in [4.78, 5) is 0. The van der Waals surface area contributed by atoms with Gasteiger partial charge in [-0.2, -0.15) is 0 Å². The molecule has 0 atom stereocenters. The lowest BCUT2D eigenvalue weighted by atomic mass is 10.1. The summed E-state index contributed by atoms with van der Waals surface area (Å²) in [5.74, 6) is 0. The van der Waals surface area contributed by atoms with Gasteiger partial charge < -0.3 is 14.8 Å². The Kier molecular flexibility index (Phi) is 5.58. The number of benzene rings is 1. The van der Waals surface area contributed by atoms with E-state index in [0.29, 0.717) is 6.61 Å². The molecule has 0 spiro atoms. The Bertz CT molecular complexity index is 413. The van der Waals surface area contributed by atoms with Crippen LogP contribution in [0.15, 0.2) is 24.3 Å². The van der Waals surface area contributed by atoms with Gasteiger partial charge in [0.15, 0.2) is 0 Å². The highest BCUT2D eigenvalue weighted by atomic mass is 16.5. The lowest BCUT2D eigenvalue weighted by Crippen LogP contribution is -2.24. The fourth-order valence-electron chi connectivity index (χ4n) is 1.99. The highest BCUT2D eigenvalue weighted by molar-refractivity contribution is 5.23. The minimum atomic E-state index is -0.101. The second-order valence-electron chi connectivity index (χ2n) is 6.24. The molecule has 0 saturated heterocycles. The molecule has 1 aromatic carbocycles. The van der Waals surface area contributed by atoms with Gasteiger partial charge in [-0.25, -0.2) is 0 Å². The zero-order valence-corrected chi connectivity index (χ0v) is 12.9. The molecule has 0 aliphatic heterocycles. The predicted molar refractivity (Wildman–Crippen MR) is 81.7 cm³/mol. The fraction of sp³-hybridized carbons (Fsp3) is 0.647. The molecular weight excluding hydrogens is 250 g/mol. The van der Waals surface area contributed by atoms with Gasteiger partial charge in [0.2, 0.25) is 0 Å². The summed E-state index contributed by atoms with van der Waals surface area (Å²) in [7, 11) is 1.75. The highest BCUT2D eigenvalue weighted by Crippen LogP contribution is 2.19. The van der Waals surface area contributed by atoms with Gasteiger partial charge in [0.25, 0.3) is 0 Å². The fourth-order valence-corrected chi connectivity index (χ4v) is 1.99. The molecule has 3 nitrogen and oxygen atoms in total. The Hall–Kier alpha value is -0.900. The van der Waals surface area contributed by atoms with Crippen LogP contribution >= 0.6 is 0 Å². The van der Waals surface area contributed by atoms with Gasteiger partial charge in [-0.05, 0) is 44.2 Å². The Morgan fingerprint density at radius 1 is 1.25 bits per heavy atom. The van der Waals surface area contributed by atoms with Crippen LogP contribution in [0.4, 0.5) is 0 Å². The highest BCUT2D eigenvalue weighted by Gasteiger charge is 2.19. The molecular formula is C17H27NO2. The van der Waals surface area contributed by atoms with Crippen LogP contribution in [0, 0.1) is 0 Å². The summed E-state index contributed by atoms with van der Waals surface area (Å²) in [5, 5.41) is 3.54. The van der Waals surface area contributed by atoms with Crippen molar-refractivity contribution in [1.82, 2.24) is 5.32 Å². The molecule has 1 N–H and O–H groups in total. The van der Waals surface area contributed by atoms with Gasteiger partial charge in [0.1, 0.15) is 0 Å². The number of methoxy groups -OCH3 is 1. The first kappa shape index (κ1) is 15.5. The van der Waals surface area contributed by atoms with E-state index in [9.17, 15) is 0 Å². The average molecular weight is 277 g/mol. The molecule has 0 bridgehead atoms. The van der Waals surface area contributed by atoms with Crippen molar-refractivity contribution in [2.75, 3.05) is 13.7 Å². The van der Waals surface area contributed by atoms with Crippen molar-refractivity contribution in [1.29, 1.82) is 0 Å². The van der Waals surface area contributed by atoms with Gasteiger partial charge in [-0.1, -0.05) is 24.3 Å². The molecule has 1 aromatic rings. The van der Waals surface area contributed by atoms with Crippen molar-refractivity contribution >= 4 is 0 Å². The van der Waals surface area contributed by atoms with E-state index >= 15 is 0 Å². The lowest BCUT2D eigenvalue weighted by Gasteiger charge is -2.22. The third kappa shape index (κ3) is 5.61. The SMILES string of the molecule is COC(C)(C)CCOCc1cccc(CNC2CC2)c1. The minimum Gasteiger partial charge on any atom is -0.379 e. The molecule has 20 heavy (non-hydrogen) atoms. The smallest absolute Gasteiger partial charge is 0.0716 e. The van der Waals surface area contributed by atoms with Crippen LogP contribution < -0.4 is 5.32 Å². The van der Waals surface area contributed by atoms with Gasteiger partial charge in [-0.3, -0.25) is 0 Å². The maximum atomic E-state index is 5.75. The van der Waals surface area contributed by atoms with Crippen molar-refractivity contribution in [3.05, 3.63) is 35.4 Å². The topological polar surface area (TPSA) is 30.5 Å². The maximum Gasteiger partial charge on any atom is 0.0716 e. The number of hydrogen-bond acceptors (Lipinski definition) is 3. The summed E-state index contributed by atoms with van der Waals surface area (Å²) in [6.45, 7) is 6.54.